The van der Waals surface area contributed by atoms with Crippen molar-refractivity contribution < 1.29 is 19.8 Å². The van der Waals surface area contributed by atoms with Crippen LogP contribution in [0.5, 0.6) is 0 Å². The fourth-order valence-electron chi connectivity index (χ4n) is 2.07. The van der Waals surface area contributed by atoms with Crippen molar-refractivity contribution in [2.75, 3.05) is 0 Å². The third-order valence-electron chi connectivity index (χ3n) is 2.98. The van der Waals surface area contributed by atoms with Crippen LogP contribution in [0.25, 0.3) is 10.8 Å². The van der Waals surface area contributed by atoms with Crippen LogP contribution in [0.1, 0.15) is 31.8 Å². The van der Waals surface area contributed by atoms with Gasteiger partial charge in [-0.25, -0.2) is 9.59 Å². The fourth-order valence-corrected chi connectivity index (χ4v) is 2.07. The van der Waals surface area contributed by atoms with Gasteiger partial charge in [-0.05, 0) is 60.0 Å². The van der Waals surface area contributed by atoms with Crippen LogP contribution in [0.3, 0.4) is 0 Å². The highest BCUT2D eigenvalue weighted by molar-refractivity contribution is 6.00. The maximum absolute atomic E-state index is 11.0. The predicted molar refractivity (Wildman–Crippen MR) is 67.3 cm³/mol. The van der Waals surface area contributed by atoms with Gasteiger partial charge in [0, 0.05) is 0 Å². The molecule has 2 aromatic carbocycles. The van der Waals surface area contributed by atoms with Crippen LogP contribution in [0, 0.1) is 13.8 Å². The average molecular weight is 244 g/mol. The van der Waals surface area contributed by atoms with Crippen molar-refractivity contribution in [1.82, 2.24) is 0 Å². The van der Waals surface area contributed by atoms with E-state index >= 15 is 0 Å². The molecule has 0 saturated heterocycles. The first-order valence-corrected chi connectivity index (χ1v) is 5.41. The molecule has 2 rings (SSSR count). The van der Waals surface area contributed by atoms with E-state index in [4.69, 9.17) is 10.2 Å². The number of carbonyl (C=O) groups is 2. The minimum Gasteiger partial charge on any atom is -0.478 e. The van der Waals surface area contributed by atoms with E-state index in [9.17, 15) is 9.59 Å². The summed E-state index contributed by atoms with van der Waals surface area (Å²) in [6.45, 7) is 3.56. The number of carboxylic acids is 2. The Balaban J connectivity index is 2.83. The van der Waals surface area contributed by atoms with Crippen LogP contribution in [0.4, 0.5) is 0 Å². The van der Waals surface area contributed by atoms with Crippen molar-refractivity contribution in [3.63, 3.8) is 0 Å². The molecule has 0 aliphatic rings. The van der Waals surface area contributed by atoms with E-state index in [1.54, 1.807) is 38.1 Å². The number of aromatic carboxylic acids is 2. The van der Waals surface area contributed by atoms with Crippen molar-refractivity contribution in [3.8, 4) is 0 Å². The molecule has 4 nitrogen and oxygen atoms in total. The smallest absolute Gasteiger partial charge is 0.335 e. The zero-order chi connectivity index (χ0) is 13.4. The SMILES string of the molecule is Cc1cc(C(=O)O)cc2c(C)cc(C(=O)O)cc12. The lowest BCUT2D eigenvalue weighted by Gasteiger charge is -2.09. The van der Waals surface area contributed by atoms with E-state index in [0.29, 0.717) is 0 Å². The van der Waals surface area contributed by atoms with Crippen LogP contribution in [0.2, 0.25) is 0 Å². The average Bonchev–Trinajstić information content (AvgIpc) is 2.29. The number of carboxylic acid groups (broad SMARTS) is 2. The molecule has 2 N–H and O–H groups in total. The van der Waals surface area contributed by atoms with Gasteiger partial charge in [0.05, 0.1) is 11.1 Å². The number of benzene rings is 2. The number of hydrogen-bond donors (Lipinski definition) is 2. The molecule has 0 aliphatic carbocycles. The Kier molecular flexibility index (Phi) is 2.79. The Morgan fingerprint density at radius 2 is 1.11 bits per heavy atom. The standard InChI is InChI=1S/C14H12O4/c1-7-3-9(13(15)16)6-12-8(2)4-10(14(17)18)5-11(7)12/h3-6H,1-2H3,(H,15,16)(H,17,18). The summed E-state index contributed by atoms with van der Waals surface area (Å²) in [4.78, 5) is 22.0. The number of rotatable bonds is 2. The third kappa shape index (κ3) is 1.93. The molecule has 0 bridgehead atoms. The number of fused-ring (bicyclic) bond motifs is 1. The first-order valence-electron chi connectivity index (χ1n) is 5.41. The maximum atomic E-state index is 11.0. The molecule has 0 aromatic heterocycles. The zero-order valence-electron chi connectivity index (χ0n) is 10.0. The van der Waals surface area contributed by atoms with Crippen molar-refractivity contribution in [1.29, 1.82) is 0 Å². The maximum Gasteiger partial charge on any atom is 0.335 e. The van der Waals surface area contributed by atoms with Crippen molar-refractivity contribution in [2.45, 2.75) is 13.8 Å². The Hall–Kier alpha value is -2.36. The highest BCUT2D eigenvalue weighted by Crippen LogP contribution is 2.25. The van der Waals surface area contributed by atoms with Crippen LogP contribution >= 0.6 is 0 Å². The van der Waals surface area contributed by atoms with Gasteiger partial charge in [0.1, 0.15) is 0 Å². The van der Waals surface area contributed by atoms with E-state index in [2.05, 4.69) is 0 Å². The molecule has 0 heterocycles. The van der Waals surface area contributed by atoms with Gasteiger partial charge in [0.25, 0.3) is 0 Å². The van der Waals surface area contributed by atoms with E-state index in [-0.39, 0.29) is 11.1 Å². The molecule has 0 spiro atoms. The van der Waals surface area contributed by atoms with Crippen LogP contribution in [-0.4, -0.2) is 22.2 Å². The summed E-state index contributed by atoms with van der Waals surface area (Å²) in [5.74, 6) is -1.97. The summed E-state index contributed by atoms with van der Waals surface area (Å²) in [6, 6.07) is 6.25. The van der Waals surface area contributed by atoms with Crippen LogP contribution < -0.4 is 0 Å². The van der Waals surface area contributed by atoms with Crippen molar-refractivity contribution in [2.24, 2.45) is 0 Å². The molecule has 92 valence electrons. The summed E-state index contributed by atoms with van der Waals surface area (Å²) in [5, 5.41) is 19.6. The summed E-state index contributed by atoms with van der Waals surface area (Å²) in [5.41, 5.74) is 1.95. The normalized spacial score (nSPS) is 10.6. The van der Waals surface area contributed by atoms with E-state index < -0.39 is 11.9 Å². The Labute approximate surface area is 103 Å². The van der Waals surface area contributed by atoms with Crippen molar-refractivity contribution in [3.05, 3.63) is 46.5 Å². The first kappa shape index (κ1) is 12.1. The largest absolute Gasteiger partial charge is 0.478 e. The minimum absolute atomic E-state index is 0.214. The lowest BCUT2D eigenvalue weighted by atomic mass is 9.96. The Morgan fingerprint density at radius 3 is 1.39 bits per heavy atom. The second-order valence-corrected chi connectivity index (χ2v) is 4.29. The van der Waals surface area contributed by atoms with Crippen LogP contribution in [-0.2, 0) is 0 Å². The van der Waals surface area contributed by atoms with Gasteiger partial charge in [-0.3, -0.25) is 0 Å². The fraction of sp³-hybridized carbons (Fsp3) is 0.143. The predicted octanol–water partition coefficient (Wildman–Crippen LogP) is 2.85. The van der Waals surface area contributed by atoms with Gasteiger partial charge in [-0.2, -0.15) is 0 Å². The van der Waals surface area contributed by atoms with Gasteiger partial charge in [-0.1, -0.05) is 0 Å². The monoisotopic (exact) mass is 244 g/mol. The lowest BCUT2D eigenvalue weighted by Crippen LogP contribution is -2.00. The molecule has 0 aliphatic heterocycles. The molecular formula is C14H12O4. The second-order valence-electron chi connectivity index (χ2n) is 4.29. The summed E-state index contributed by atoms with van der Waals surface area (Å²) in [6.07, 6.45) is 0. The van der Waals surface area contributed by atoms with Gasteiger partial charge in [-0.15, -0.1) is 0 Å². The molecule has 0 amide bonds. The molecular weight excluding hydrogens is 232 g/mol. The first-order chi connectivity index (χ1) is 8.40. The van der Waals surface area contributed by atoms with E-state index in [1.807, 2.05) is 0 Å². The van der Waals surface area contributed by atoms with Gasteiger partial charge >= 0.3 is 11.9 Å². The lowest BCUT2D eigenvalue weighted by molar-refractivity contribution is 0.0686. The molecule has 0 saturated carbocycles. The molecule has 0 unspecified atom stereocenters. The van der Waals surface area contributed by atoms with Crippen molar-refractivity contribution >= 4 is 22.7 Å². The topological polar surface area (TPSA) is 74.6 Å². The van der Waals surface area contributed by atoms with Gasteiger partial charge < -0.3 is 10.2 Å². The molecule has 0 atom stereocenters. The van der Waals surface area contributed by atoms with Gasteiger partial charge in [0.15, 0.2) is 0 Å². The minimum atomic E-state index is -0.985. The molecule has 4 heteroatoms. The quantitative estimate of drug-likeness (QED) is 0.851. The number of hydrogen-bond acceptors (Lipinski definition) is 2. The summed E-state index contributed by atoms with van der Waals surface area (Å²) in [7, 11) is 0. The van der Waals surface area contributed by atoms with Crippen LogP contribution in [0.15, 0.2) is 24.3 Å². The zero-order valence-corrected chi connectivity index (χ0v) is 10.0. The molecule has 2 aromatic rings. The summed E-state index contributed by atoms with van der Waals surface area (Å²) < 4.78 is 0. The third-order valence-corrected chi connectivity index (χ3v) is 2.98. The molecule has 0 fully saturated rings. The second kappa shape index (κ2) is 4.14. The highest BCUT2D eigenvalue weighted by Gasteiger charge is 2.11. The molecule has 18 heavy (non-hydrogen) atoms. The Bertz CT molecular complexity index is 612. The van der Waals surface area contributed by atoms with Gasteiger partial charge in [0.2, 0.25) is 0 Å². The summed E-state index contributed by atoms with van der Waals surface area (Å²) >= 11 is 0. The number of aryl methyl sites for hydroxylation is 2. The highest BCUT2D eigenvalue weighted by atomic mass is 16.4. The van der Waals surface area contributed by atoms with E-state index in [0.717, 1.165) is 21.9 Å². The Morgan fingerprint density at radius 1 is 0.778 bits per heavy atom. The van der Waals surface area contributed by atoms with E-state index in [1.165, 1.54) is 0 Å². The molecule has 0 radical (unpaired) electrons.